The van der Waals surface area contributed by atoms with Gasteiger partial charge in [-0.2, -0.15) is 8.78 Å². The van der Waals surface area contributed by atoms with E-state index in [1.165, 1.54) is 31.5 Å². The molecule has 1 unspecified atom stereocenters. The van der Waals surface area contributed by atoms with Gasteiger partial charge in [0.15, 0.2) is 22.3 Å². The number of halogens is 4. The van der Waals surface area contributed by atoms with Crippen molar-refractivity contribution in [1.29, 1.82) is 0 Å². The zero-order valence-corrected chi connectivity index (χ0v) is 13.3. The fourth-order valence-electron chi connectivity index (χ4n) is 2.00. The van der Waals surface area contributed by atoms with Crippen LogP contribution in [0.5, 0.6) is 5.75 Å². The number of nitrogens with one attached hydrogen (secondary N) is 1. The van der Waals surface area contributed by atoms with Crippen LogP contribution in [-0.2, 0) is 10.0 Å². The Kier molecular flexibility index (Phi) is 5.09. The quantitative estimate of drug-likeness (QED) is 0.654. The van der Waals surface area contributed by atoms with Crippen LogP contribution in [0.3, 0.4) is 0 Å². The monoisotopic (exact) mass is 364 g/mol. The van der Waals surface area contributed by atoms with Crippen LogP contribution in [0.25, 0.3) is 0 Å². The summed E-state index contributed by atoms with van der Waals surface area (Å²) in [5.74, 6) is -9.37. The van der Waals surface area contributed by atoms with E-state index in [0.29, 0.717) is 5.56 Å². The van der Waals surface area contributed by atoms with Crippen molar-refractivity contribution in [1.82, 2.24) is 9.71 Å². The molecular formula is C14H12F4N2O3S. The van der Waals surface area contributed by atoms with Gasteiger partial charge in [-0.25, -0.2) is 21.9 Å². The number of hydrogen-bond donors (Lipinski definition) is 1. The third kappa shape index (κ3) is 3.20. The van der Waals surface area contributed by atoms with Crippen LogP contribution in [0.1, 0.15) is 18.5 Å². The molecule has 1 aromatic carbocycles. The molecule has 2 rings (SSSR count). The van der Waals surface area contributed by atoms with Gasteiger partial charge in [-0.1, -0.05) is 6.07 Å². The van der Waals surface area contributed by atoms with E-state index in [1.54, 1.807) is 0 Å². The third-order valence-corrected chi connectivity index (χ3v) is 4.73. The lowest BCUT2D eigenvalue weighted by atomic mass is 10.2. The summed E-state index contributed by atoms with van der Waals surface area (Å²) < 4.78 is 85.8. The highest BCUT2D eigenvalue weighted by Gasteiger charge is 2.34. The summed E-state index contributed by atoms with van der Waals surface area (Å²) in [4.78, 5) is 2.02. The maximum atomic E-state index is 13.9. The molecule has 2 aromatic rings. The maximum Gasteiger partial charge on any atom is 0.247 e. The van der Waals surface area contributed by atoms with Gasteiger partial charge in [0.1, 0.15) is 0 Å². The van der Waals surface area contributed by atoms with Crippen molar-refractivity contribution in [3.8, 4) is 5.75 Å². The standard InChI is InChI=1S/C14H12F4N2O3S/c1-7(8-4-3-5-19-6-8)20-24(21,22)14-11(17)9(15)13(23-2)10(16)12(14)18/h3-7,20H,1-2H3. The van der Waals surface area contributed by atoms with Gasteiger partial charge in [-0.15, -0.1) is 0 Å². The van der Waals surface area contributed by atoms with E-state index in [-0.39, 0.29) is 0 Å². The van der Waals surface area contributed by atoms with Crippen molar-refractivity contribution in [2.24, 2.45) is 0 Å². The first kappa shape index (κ1) is 18.1. The van der Waals surface area contributed by atoms with Crippen molar-refractivity contribution < 1.29 is 30.7 Å². The number of aromatic nitrogens is 1. The molecule has 0 amide bonds. The van der Waals surface area contributed by atoms with Crippen LogP contribution >= 0.6 is 0 Å². The van der Waals surface area contributed by atoms with E-state index in [1.807, 2.05) is 4.72 Å². The van der Waals surface area contributed by atoms with Gasteiger partial charge in [0, 0.05) is 18.4 Å². The van der Waals surface area contributed by atoms with Crippen molar-refractivity contribution in [3.63, 3.8) is 0 Å². The second-order valence-corrected chi connectivity index (χ2v) is 6.40. The minimum Gasteiger partial charge on any atom is -0.491 e. The molecule has 0 saturated carbocycles. The molecule has 0 fully saturated rings. The van der Waals surface area contributed by atoms with E-state index >= 15 is 0 Å². The topological polar surface area (TPSA) is 68.3 Å². The van der Waals surface area contributed by atoms with E-state index in [4.69, 9.17) is 0 Å². The summed E-state index contributed by atoms with van der Waals surface area (Å²) in [6.45, 7) is 1.38. The highest BCUT2D eigenvalue weighted by Crippen LogP contribution is 2.32. The van der Waals surface area contributed by atoms with Gasteiger partial charge < -0.3 is 4.74 Å². The van der Waals surface area contributed by atoms with Crippen LogP contribution in [-0.4, -0.2) is 20.5 Å². The van der Waals surface area contributed by atoms with Gasteiger partial charge in [-0.3, -0.25) is 4.98 Å². The minimum absolute atomic E-state index is 0.386. The van der Waals surface area contributed by atoms with E-state index in [9.17, 15) is 26.0 Å². The highest BCUT2D eigenvalue weighted by atomic mass is 32.2. The Bertz CT molecular complexity index is 831. The van der Waals surface area contributed by atoms with Gasteiger partial charge in [0.25, 0.3) is 0 Å². The molecule has 5 nitrogen and oxygen atoms in total. The SMILES string of the molecule is COc1c(F)c(F)c(S(=O)(=O)NC(C)c2cccnc2)c(F)c1F. The van der Waals surface area contributed by atoms with Crippen molar-refractivity contribution >= 4 is 10.0 Å². The van der Waals surface area contributed by atoms with Crippen LogP contribution in [0, 0.1) is 23.3 Å². The molecule has 130 valence electrons. The molecule has 1 aromatic heterocycles. The summed E-state index contributed by atoms with van der Waals surface area (Å²) in [5.41, 5.74) is 0.386. The van der Waals surface area contributed by atoms with E-state index < -0.39 is 50.0 Å². The van der Waals surface area contributed by atoms with Crippen LogP contribution < -0.4 is 9.46 Å². The lowest BCUT2D eigenvalue weighted by Crippen LogP contribution is -2.29. The first-order valence-electron chi connectivity index (χ1n) is 6.52. The molecule has 0 aliphatic heterocycles. The molecule has 0 saturated heterocycles. The van der Waals surface area contributed by atoms with Crippen molar-refractivity contribution in [2.75, 3.05) is 7.11 Å². The Labute approximate surface area is 135 Å². The van der Waals surface area contributed by atoms with Crippen molar-refractivity contribution in [2.45, 2.75) is 17.9 Å². The number of nitrogens with zero attached hydrogens (tertiary/aromatic N) is 1. The smallest absolute Gasteiger partial charge is 0.247 e. The summed E-state index contributed by atoms with van der Waals surface area (Å²) in [7, 11) is -4.11. The second-order valence-electron chi connectivity index (χ2n) is 4.75. The second kappa shape index (κ2) is 6.73. The predicted molar refractivity (Wildman–Crippen MR) is 75.8 cm³/mol. The Morgan fingerprint density at radius 1 is 1.12 bits per heavy atom. The summed E-state index contributed by atoms with van der Waals surface area (Å²) >= 11 is 0. The number of pyridine rings is 1. The molecule has 10 heteroatoms. The van der Waals surface area contributed by atoms with Crippen molar-refractivity contribution in [3.05, 3.63) is 53.4 Å². The number of sulfonamides is 1. The lowest BCUT2D eigenvalue weighted by Gasteiger charge is -2.16. The Morgan fingerprint density at radius 2 is 1.71 bits per heavy atom. The number of ether oxygens (including phenoxy) is 1. The zero-order chi connectivity index (χ0) is 18.1. The van der Waals surface area contributed by atoms with Gasteiger partial charge >= 0.3 is 0 Å². The molecule has 0 aliphatic carbocycles. The van der Waals surface area contributed by atoms with Crippen LogP contribution in [0.15, 0.2) is 29.4 Å². The molecule has 1 heterocycles. The average Bonchev–Trinajstić information content (AvgIpc) is 2.54. The number of benzene rings is 1. The molecule has 1 N–H and O–H groups in total. The van der Waals surface area contributed by atoms with E-state index in [2.05, 4.69) is 9.72 Å². The number of rotatable bonds is 5. The number of methoxy groups -OCH3 is 1. The first-order chi connectivity index (χ1) is 11.2. The summed E-state index contributed by atoms with van der Waals surface area (Å²) in [6.07, 6.45) is 2.77. The summed E-state index contributed by atoms with van der Waals surface area (Å²) in [5, 5.41) is 0. The third-order valence-electron chi connectivity index (χ3n) is 3.17. The molecular weight excluding hydrogens is 352 g/mol. The zero-order valence-electron chi connectivity index (χ0n) is 12.5. The predicted octanol–water partition coefficient (Wildman–Crippen LogP) is 2.69. The molecule has 0 radical (unpaired) electrons. The van der Waals surface area contributed by atoms with Crippen LogP contribution in [0.2, 0.25) is 0 Å². The Hall–Kier alpha value is -2.20. The first-order valence-corrected chi connectivity index (χ1v) is 8.01. The maximum absolute atomic E-state index is 13.9. The molecule has 0 bridgehead atoms. The fraction of sp³-hybridized carbons (Fsp3) is 0.214. The molecule has 24 heavy (non-hydrogen) atoms. The van der Waals surface area contributed by atoms with Gasteiger partial charge in [-0.05, 0) is 18.6 Å². The van der Waals surface area contributed by atoms with E-state index in [0.717, 1.165) is 7.11 Å². The summed E-state index contributed by atoms with van der Waals surface area (Å²) in [6, 6.07) is 2.09. The fourth-order valence-corrected chi connectivity index (χ4v) is 3.37. The lowest BCUT2D eigenvalue weighted by molar-refractivity contribution is 0.322. The molecule has 0 aliphatic rings. The van der Waals surface area contributed by atoms with Crippen LogP contribution in [0.4, 0.5) is 17.6 Å². The van der Waals surface area contributed by atoms with Gasteiger partial charge in [0.05, 0.1) is 7.11 Å². The molecule has 1 atom stereocenters. The minimum atomic E-state index is -4.90. The average molecular weight is 364 g/mol. The van der Waals surface area contributed by atoms with Gasteiger partial charge in [0.2, 0.25) is 21.7 Å². The highest BCUT2D eigenvalue weighted by molar-refractivity contribution is 7.89. The normalized spacial score (nSPS) is 12.9. The Morgan fingerprint density at radius 3 is 2.17 bits per heavy atom. The Balaban J connectivity index is 2.51. The number of hydrogen-bond acceptors (Lipinski definition) is 4. The largest absolute Gasteiger partial charge is 0.491 e. The molecule has 0 spiro atoms.